The fourth-order valence-electron chi connectivity index (χ4n) is 1.84. The van der Waals surface area contributed by atoms with Crippen LogP contribution in [-0.2, 0) is 10.1 Å². The molecule has 24 heteroatoms. The zero-order valence-electron chi connectivity index (χ0n) is 15.4. The lowest BCUT2D eigenvalue weighted by atomic mass is 9.87. The largest absolute Gasteiger partial charge is 0.384 e. The first-order chi connectivity index (χ1) is 14.4. The van der Waals surface area contributed by atoms with E-state index in [0.717, 1.165) is 0 Å². The fraction of sp³-hybridized carbons (Fsp3) is 1.00. The zero-order chi connectivity index (χ0) is 28.3. The lowest BCUT2D eigenvalue weighted by molar-refractivity contribution is -0.446. The first-order valence-electron chi connectivity index (χ1n) is 7.23. The van der Waals surface area contributed by atoms with E-state index in [1.54, 1.807) is 0 Å². The minimum atomic E-state index is -8.95. The molecule has 3 unspecified atom stereocenters. The lowest BCUT2D eigenvalue weighted by Gasteiger charge is -2.43. The van der Waals surface area contributed by atoms with Gasteiger partial charge in [-0.1, -0.05) is 0 Å². The van der Waals surface area contributed by atoms with Crippen LogP contribution in [0.2, 0.25) is 0 Å². The third kappa shape index (κ3) is 4.92. The van der Waals surface area contributed by atoms with Gasteiger partial charge in [-0.2, -0.15) is 69.9 Å². The highest BCUT2D eigenvalue weighted by molar-refractivity contribution is 7.86. The summed E-state index contributed by atoms with van der Waals surface area (Å²) in [6, 6.07) is 0. The summed E-state index contributed by atoms with van der Waals surface area (Å²) in [5, 5.41) is 0. The van der Waals surface area contributed by atoms with Crippen molar-refractivity contribution < 1.29 is 96.4 Å². The molecule has 0 amide bonds. The summed E-state index contributed by atoms with van der Waals surface area (Å²) in [7, 11) is -7.26. The standard InChI is InChI=1S/C11H5F19O3S.H3N/c12-1(3(14)15)2(13)5(17,18)7(21,22)9(25,26)11(29,30)10(27,28)8(23,24)6(19,20)4(16)34(31,32)33;/h1-4H,(H,31,32,33);1H3. The maximum Gasteiger partial charge on any atom is 0.384 e. The predicted molar refractivity (Wildman–Crippen MR) is 71.9 cm³/mol. The highest BCUT2D eigenvalue weighted by Crippen LogP contribution is 2.63. The van der Waals surface area contributed by atoms with E-state index in [4.69, 9.17) is 4.55 Å². The molecule has 4 N–H and O–H groups in total. The molecule has 0 rings (SSSR count). The molecule has 214 valence electrons. The van der Waals surface area contributed by atoms with Crippen molar-refractivity contribution in [1.82, 2.24) is 6.15 Å². The average Bonchev–Trinajstić information content (AvgIpc) is 2.63. The maximum atomic E-state index is 13.4. The molecular weight excluding hydrogens is 587 g/mol. The summed E-state index contributed by atoms with van der Waals surface area (Å²) in [4.78, 5) is 0. The number of hydrogen-bond donors (Lipinski definition) is 2. The van der Waals surface area contributed by atoms with Crippen LogP contribution in [0.25, 0.3) is 0 Å². The molecule has 4 nitrogen and oxygen atoms in total. The van der Waals surface area contributed by atoms with Crippen LogP contribution in [0.4, 0.5) is 83.4 Å². The Hall–Kier alpha value is -1.46. The topological polar surface area (TPSA) is 89.4 Å². The molecule has 0 fully saturated rings. The van der Waals surface area contributed by atoms with Gasteiger partial charge in [0.2, 0.25) is 6.17 Å². The molecular formula is C11H8F19NO3S. The fourth-order valence-corrected chi connectivity index (χ4v) is 2.36. The van der Waals surface area contributed by atoms with E-state index >= 15 is 0 Å². The quantitative estimate of drug-likeness (QED) is 0.236. The molecule has 35 heavy (non-hydrogen) atoms. The van der Waals surface area contributed by atoms with Crippen molar-refractivity contribution in [2.24, 2.45) is 0 Å². The van der Waals surface area contributed by atoms with Crippen molar-refractivity contribution in [3.63, 3.8) is 0 Å². The highest BCUT2D eigenvalue weighted by Gasteiger charge is 2.94. The van der Waals surface area contributed by atoms with Gasteiger partial charge >= 0.3 is 51.6 Å². The van der Waals surface area contributed by atoms with E-state index in [1.165, 1.54) is 0 Å². The number of hydrogen-bond acceptors (Lipinski definition) is 3. The van der Waals surface area contributed by atoms with Gasteiger partial charge in [-0.25, -0.2) is 22.0 Å². The molecule has 0 aliphatic rings. The Labute approximate surface area is 179 Å². The van der Waals surface area contributed by atoms with E-state index in [9.17, 15) is 91.8 Å². The summed E-state index contributed by atoms with van der Waals surface area (Å²) in [5.41, 5.74) is -6.04. The predicted octanol–water partition coefficient (Wildman–Crippen LogP) is 5.72. The van der Waals surface area contributed by atoms with Gasteiger partial charge in [0.1, 0.15) is 0 Å². The molecule has 0 heterocycles. The Bertz CT molecular complexity index is 843. The van der Waals surface area contributed by atoms with E-state index in [-0.39, 0.29) is 6.15 Å². The third-order valence-corrected chi connectivity index (χ3v) is 4.65. The second-order valence-electron chi connectivity index (χ2n) is 6.13. The van der Waals surface area contributed by atoms with E-state index in [2.05, 4.69) is 0 Å². The summed E-state index contributed by atoms with van der Waals surface area (Å²) in [5.74, 6) is -59.5. The van der Waals surface area contributed by atoms with Gasteiger partial charge in [-0.15, -0.1) is 0 Å². The Morgan fingerprint density at radius 1 is 0.514 bits per heavy atom. The average molecular weight is 595 g/mol. The van der Waals surface area contributed by atoms with Crippen LogP contribution in [0.5, 0.6) is 0 Å². The minimum Gasteiger partial charge on any atom is -0.344 e. The van der Waals surface area contributed by atoms with Crippen molar-refractivity contribution in [3.05, 3.63) is 0 Å². The second-order valence-corrected chi connectivity index (χ2v) is 7.57. The van der Waals surface area contributed by atoms with Gasteiger partial charge in [0.15, 0.2) is 6.17 Å². The van der Waals surface area contributed by atoms with Crippen LogP contribution in [0.15, 0.2) is 0 Å². The van der Waals surface area contributed by atoms with Gasteiger partial charge < -0.3 is 6.15 Å². The summed E-state index contributed by atoms with van der Waals surface area (Å²) >= 11 is 0. The normalized spacial score (nSPS) is 18.2. The lowest BCUT2D eigenvalue weighted by Crippen LogP contribution is -2.75. The number of halogens is 19. The van der Waals surface area contributed by atoms with Crippen LogP contribution in [0, 0.1) is 0 Å². The van der Waals surface area contributed by atoms with Crippen LogP contribution in [0.1, 0.15) is 0 Å². The molecule has 0 spiro atoms. The zero-order valence-corrected chi connectivity index (χ0v) is 16.2. The molecule has 0 aromatic carbocycles. The highest BCUT2D eigenvalue weighted by atomic mass is 32.2. The number of rotatable bonds is 11. The van der Waals surface area contributed by atoms with Gasteiger partial charge in [0.25, 0.3) is 11.9 Å². The Kier molecular flexibility index (Phi) is 9.63. The van der Waals surface area contributed by atoms with Gasteiger partial charge in [0, 0.05) is 0 Å². The second kappa shape index (κ2) is 9.45. The SMILES string of the molecule is N.O=S(=O)(O)C(F)C(F)(F)C(F)(F)C(F)(F)C(F)(F)C(F)(F)C(F)(F)C(F)(F)C(F)C(F)C(F)F. The third-order valence-electron chi connectivity index (χ3n) is 3.83. The number of alkyl halides is 19. The molecule has 0 saturated heterocycles. The molecule has 3 atom stereocenters. The van der Waals surface area contributed by atoms with E-state index in [1.807, 2.05) is 0 Å². The van der Waals surface area contributed by atoms with E-state index < -0.39 is 75.8 Å². The van der Waals surface area contributed by atoms with Crippen molar-refractivity contribution >= 4 is 10.1 Å². The first kappa shape index (κ1) is 35.7. The van der Waals surface area contributed by atoms with E-state index in [0.29, 0.717) is 0 Å². The summed E-state index contributed by atoms with van der Waals surface area (Å²) in [6.07, 6.45) is -16.2. The summed E-state index contributed by atoms with van der Waals surface area (Å²) in [6.45, 7) is 0. The molecule has 0 aliphatic carbocycles. The van der Waals surface area contributed by atoms with Crippen LogP contribution in [0.3, 0.4) is 0 Å². The molecule has 0 radical (unpaired) electrons. The van der Waals surface area contributed by atoms with Crippen LogP contribution < -0.4 is 6.15 Å². The smallest absolute Gasteiger partial charge is 0.344 e. The van der Waals surface area contributed by atoms with Crippen LogP contribution in [-0.4, -0.2) is 78.7 Å². The Balaban J connectivity index is 0. The monoisotopic (exact) mass is 595 g/mol. The van der Waals surface area contributed by atoms with Crippen molar-refractivity contribution in [2.45, 2.75) is 65.7 Å². The molecule has 0 aromatic heterocycles. The first-order valence-corrected chi connectivity index (χ1v) is 8.74. The molecule has 0 bridgehead atoms. The van der Waals surface area contributed by atoms with Gasteiger partial charge in [0.05, 0.1) is 0 Å². The van der Waals surface area contributed by atoms with Gasteiger partial charge in [-0.05, 0) is 0 Å². The molecule has 0 aromatic rings. The van der Waals surface area contributed by atoms with Gasteiger partial charge in [-0.3, -0.25) is 4.55 Å². The molecule has 0 saturated carbocycles. The Morgan fingerprint density at radius 2 is 0.771 bits per heavy atom. The summed E-state index contributed by atoms with van der Waals surface area (Å²) < 4.78 is 276. The minimum absolute atomic E-state index is 0. The Morgan fingerprint density at radius 3 is 1.03 bits per heavy atom. The van der Waals surface area contributed by atoms with Crippen LogP contribution >= 0.6 is 0 Å². The van der Waals surface area contributed by atoms with Crippen molar-refractivity contribution in [2.75, 3.05) is 0 Å². The molecule has 0 aliphatic heterocycles. The van der Waals surface area contributed by atoms with Crippen molar-refractivity contribution in [3.8, 4) is 0 Å². The maximum absolute atomic E-state index is 13.4. The van der Waals surface area contributed by atoms with Crippen molar-refractivity contribution in [1.29, 1.82) is 0 Å².